The molecule has 0 aliphatic rings. The van der Waals surface area contributed by atoms with Crippen molar-refractivity contribution >= 4 is 22.9 Å². The Morgan fingerprint density at radius 2 is 1.77 bits per heavy atom. The van der Waals surface area contributed by atoms with Gasteiger partial charge in [-0.1, -0.05) is 44.3 Å². The zero-order valence-electron chi connectivity index (χ0n) is 8.32. The molecule has 0 atom stereocenters. The maximum atomic E-state index is 5.31. The normalized spacial score (nSPS) is 10.2. The van der Waals surface area contributed by atoms with E-state index in [1.165, 1.54) is 0 Å². The number of hydrogen-bond acceptors (Lipinski definition) is 1. The van der Waals surface area contributed by atoms with E-state index in [9.17, 15) is 0 Å². The number of rotatable bonds is 2. The van der Waals surface area contributed by atoms with Gasteiger partial charge in [0.05, 0.1) is 4.99 Å². The van der Waals surface area contributed by atoms with Crippen LogP contribution < -0.4 is 4.90 Å². The number of anilines is 1. The molecule has 0 aromatic heterocycles. The topological polar surface area (TPSA) is 3.24 Å². The molecule has 13 heavy (non-hydrogen) atoms. The Balaban J connectivity index is 2.80. The molecule has 0 heterocycles. The molecule has 0 fully saturated rings. The first-order valence-corrected chi connectivity index (χ1v) is 4.86. The average molecular weight is 193 g/mol. The molecule has 0 bridgehead atoms. The Morgan fingerprint density at radius 1 is 1.23 bits per heavy atom. The summed E-state index contributed by atoms with van der Waals surface area (Å²) in [5, 5.41) is 0. The van der Waals surface area contributed by atoms with Crippen LogP contribution in [0.3, 0.4) is 0 Å². The quantitative estimate of drug-likeness (QED) is 0.664. The Bertz CT molecular complexity index is 279. The Hall–Kier alpha value is -0.890. The summed E-state index contributed by atoms with van der Waals surface area (Å²) in [5.74, 6) is 0.417. The van der Waals surface area contributed by atoms with Crippen LogP contribution in [0.15, 0.2) is 30.3 Å². The zero-order valence-corrected chi connectivity index (χ0v) is 9.14. The lowest BCUT2D eigenvalue weighted by Crippen LogP contribution is -2.28. The zero-order chi connectivity index (χ0) is 9.84. The van der Waals surface area contributed by atoms with E-state index in [-0.39, 0.29) is 0 Å². The van der Waals surface area contributed by atoms with Crippen molar-refractivity contribution in [3.05, 3.63) is 30.3 Å². The van der Waals surface area contributed by atoms with Crippen LogP contribution in [0.1, 0.15) is 13.8 Å². The standard InChI is InChI=1S/C11H15NS/c1-9(2)11(13)12(3)10-7-5-4-6-8-10/h4-9H,1-3H3. The second kappa shape index (κ2) is 4.38. The van der Waals surface area contributed by atoms with Crippen molar-refractivity contribution in [2.45, 2.75) is 13.8 Å². The lowest BCUT2D eigenvalue weighted by atomic mass is 10.2. The minimum Gasteiger partial charge on any atom is -0.339 e. The van der Waals surface area contributed by atoms with Crippen molar-refractivity contribution in [2.75, 3.05) is 11.9 Å². The third-order valence-corrected chi connectivity index (χ3v) is 2.71. The van der Waals surface area contributed by atoms with Crippen LogP contribution in [0.2, 0.25) is 0 Å². The van der Waals surface area contributed by atoms with Gasteiger partial charge in [-0.3, -0.25) is 0 Å². The summed E-state index contributed by atoms with van der Waals surface area (Å²) in [5.41, 5.74) is 1.15. The Morgan fingerprint density at radius 3 is 2.23 bits per heavy atom. The van der Waals surface area contributed by atoms with E-state index >= 15 is 0 Å². The molecule has 0 radical (unpaired) electrons. The average Bonchev–Trinajstić information content (AvgIpc) is 2.17. The Labute approximate surface area is 85.4 Å². The second-order valence-corrected chi connectivity index (χ2v) is 3.81. The molecule has 70 valence electrons. The molecular formula is C11H15NS. The number of thiocarbonyl (C=S) groups is 1. The van der Waals surface area contributed by atoms with Crippen molar-refractivity contribution in [1.82, 2.24) is 0 Å². The van der Waals surface area contributed by atoms with Gasteiger partial charge in [0.25, 0.3) is 0 Å². The number of nitrogens with zero attached hydrogens (tertiary/aromatic N) is 1. The fourth-order valence-corrected chi connectivity index (χ4v) is 1.27. The summed E-state index contributed by atoms with van der Waals surface area (Å²) < 4.78 is 0. The van der Waals surface area contributed by atoms with E-state index in [0.717, 1.165) is 10.7 Å². The maximum Gasteiger partial charge on any atom is 0.0846 e. The molecule has 0 aliphatic heterocycles. The predicted molar refractivity (Wildman–Crippen MR) is 62.3 cm³/mol. The fraction of sp³-hybridized carbons (Fsp3) is 0.364. The molecule has 0 aliphatic carbocycles. The number of benzene rings is 1. The highest BCUT2D eigenvalue weighted by atomic mass is 32.1. The highest BCUT2D eigenvalue weighted by Gasteiger charge is 2.09. The minimum absolute atomic E-state index is 0.417. The van der Waals surface area contributed by atoms with Gasteiger partial charge >= 0.3 is 0 Å². The highest BCUT2D eigenvalue weighted by Crippen LogP contribution is 2.14. The molecular weight excluding hydrogens is 178 g/mol. The van der Waals surface area contributed by atoms with Crippen LogP contribution in [-0.4, -0.2) is 12.0 Å². The summed E-state index contributed by atoms with van der Waals surface area (Å²) in [7, 11) is 2.01. The first kappa shape index (κ1) is 10.2. The van der Waals surface area contributed by atoms with Crippen molar-refractivity contribution in [1.29, 1.82) is 0 Å². The van der Waals surface area contributed by atoms with E-state index in [1.807, 2.05) is 25.2 Å². The predicted octanol–water partition coefficient (Wildman–Crippen LogP) is 3.11. The van der Waals surface area contributed by atoms with Crippen LogP contribution in [-0.2, 0) is 0 Å². The molecule has 2 heteroatoms. The van der Waals surface area contributed by atoms with Gasteiger partial charge < -0.3 is 4.90 Å². The lowest BCUT2D eigenvalue weighted by Gasteiger charge is -2.22. The third-order valence-electron chi connectivity index (χ3n) is 1.97. The van der Waals surface area contributed by atoms with Crippen molar-refractivity contribution in [3.63, 3.8) is 0 Å². The Kier molecular flexibility index (Phi) is 3.43. The monoisotopic (exact) mass is 193 g/mol. The molecule has 0 spiro atoms. The van der Waals surface area contributed by atoms with Crippen molar-refractivity contribution < 1.29 is 0 Å². The highest BCUT2D eigenvalue weighted by molar-refractivity contribution is 7.80. The molecule has 0 amide bonds. The van der Waals surface area contributed by atoms with Gasteiger partial charge in [0.2, 0.25) is 0 Å². The smallest absolute Gasteiger partial charge is 0.0846 e. The molecule has 0 unspecified atom stereocenters. The summed E-state index contributed by atoms with van der Waals surface area (Å²) in [6.07, 6.45) is 0. The van der Waals surface area contributed by atoms with Crippen LogP contribution in [0.4, 0.5) is 5.69 Å². The van der Waals surface area contributed by atoms with Gasteiger partial charge in [0.1, 0.15) is 0 Å². The summed E-state index contributed by atoms with van der Waals surface area (Å²) in [6.45, 7) is 4.23. The lowest BCUT2D eigenvalue weighted by molar-refractivity contribution is 0.878. The summed E-state index contributed by atoms with van der Waals surface area (Å²) in [4.78, 5) is 3.03. The van der Waals surface area contributed by atoms with Gasteiger partial charge in [0.15, 0.2) is 0 Å². The van der Waals surface area contributed by atoms with E-state index in [1.54, 1.807) is 0 Å². The van der Waals surface area contributed by atoms with E-state index < -0.39 is 0 Å². The van der Waals surface area contributed by atoms with Gasteiger partial charge in [-0.2, -0.15) is 0 Å². The van der Waals surface area contributed by atoms with Gasteiger partial charge in [-0.25, -0.2) is 0 Å². The molecule has 1 rings (SSSR count). The van der Waals surface area contributed by atoms with E-state index in [2.05, 4.69) is 30.9 Å². The van der Waals surface area contributed by atoms with Crippen molar-refractivity contribution in [2.24, 2.45) is 5.92 Å². The molecule has 0 saturated heterocycles. The molecule has 1 aromatic carbocycles. The van der Waals surface area contributed by atoms with Gasteiger partial charge in [0, 0.05) is 18.7 Å². The minimum atomic E-state index is 0.417. The van der Waals surface area contributed by atoms with Crippen LogP contribution in [0, 0.1) is 5.92 Å². The van der Waals surface area contributed by atoms with E-state index in [4.69, 9.17) is 12.2 Å². The third kappa shape index (κ3) is 2.52. The van der Waals surface area contributed by atoms with Gasteiger partial charge in [-0.05, 0) is 12.1 Å². The van der Waals surface area contributed by atoms with Crippen LogP contribution in [0.5, 0.6) is 0 Å². The molecule has 1 aromatic rings. The SMILES string of the molecule is CC(C)C(=S)N(C)c1ccccc1. The van der Waals surface area contributed by atoms with Crippen LogP contribution in [0.25, 0.3) is 0 Å². The molecule has 0 saturated carbocycles. The molecule has 0 N–H and O–H groups in total. The summed E-state index contributed by atoms with van der Waals surface area (Å²) >= 11 is 5.31. The van der Waals surface area contributed by atoms with Gasteiger partial charge in [-0.15, -0.1) is 0 Å². The first-order chi connectivity index (χ1) is 6.13. The number of para-hydroxylation sites is 1. The van der Waals surface area contributed by atoms with Crippen molar-refractivity contribution in [3.8, 4) is 0 Å². The summed E-state index contributed by atoms with van der Waals surface area (Å²) in [6, 6.07) is 10.2. The first-order valence-electron chi connectivity index (χ1n) is 4.45. The fourth-order valence-electron chi connectivity index (χ4n) is 1.17. The van der Waals surface area contributed by atoms with E-state index in [0.29, 0.717) is 5.92 Å². The van der Waals surface area contributed by atoms with Crippen LogP contribution >= 0.6 is 12.2 Å². The molecule has 1 nitrogen and oxygen atoms in total. The largest absolute Gasteiger partial charge is 0.339 e. The second-order valence-electron chi connectivity index (χ2n) is 3.39. The maximum absolute atomic E-state index is 5.31. The number of hydrogen-bond donors (Lipinski definition) is 0.